The van der Waals surface area contributed by atoms with Gasteiger partial charge in [0.25, 0.3) is 0 Å². The first kappa shape index (κ1) is 17.2. The molecule has 1 heterocycles. The molecule has 0 bridgehead atoms. The zero-order valence-electron chi connectivity index (χ0n) is 12.4. The zero-order valence-corrected chi connectivity index (χ0v) is 13.3. The summed E-state index contributed by atoms with van der Waals surface area (Å²) in [6.45, 7) is 2.14. The summed E-state index contributed by atoms with van der Waals surface area (Å²) in [6.07, 6.45) is -3.15. The first-order chi connectivity index (χ1) is 10.2. The fourth-order valence-corrected chi connectivity index (χ4v) is 4.49. The maximum atomic E-state index is 13.0. The van der Waals surface area contributed by atoms with Gasteiger partial charge in [-0.1, -0.05) is 6.07 Å². The summed E-state index contributed by atoms with van der Waals surface area (Å²) in [5, 5.41) is 2.92. The summed E-state index contributed by atoms with van der Waals surface area (Å²) in [5.74, 6) is 0. The molecule has 1 aromatic rings. The Bertz CT molecular complexity index is 644. The number of benzene rings is 1. The van der Waals surface area contributed by atoms with Gasteiger partial charge >= 0.3 is 6.18 Å². The van der Waals surface area contributed by atoms with E-state index in [0.717, 1.165) is 6.07 Å². The van der Waals surface area contributed by atoms with Crippen LogP contribution >= 0.6 is 0 Å². The Kier molecular flexibility index (Phi) is 4.84. The third kappa shape index (κ3) is 3.28. The molecule has 2 rings (SSSR count). The van der Waals surface area contributed by atoms with Crippen molar-refractivity contribution in [1.29, 1.82) is 0 Å². The molecule has 0 amide bonds. The van der Waals surface area contributed by atoms with Crippen LogP contribution in [-0.2, 0) is 16.2 Å². The maximum absolute atomic E-state index is 13.0. The molecule has 0 aliphatic carbocycles. The lowest BCUT2D eigenvalue weighted by Crippen LogP contribution is -2.40. The molecule has 8 heteroatoms. The second-order valence-corrected chi connectivity index (χ2v) is 7.33. The molecule has 0 saturated carbocycles. The molecule has 4 nitrogen and oxygen atoms in total. The van der Waals surface area contributed by atoms with E-state index in [1.165, 1.54) is 23.4 Å². The monoisotopic (exact) mass is 336 g/mol. The lowest BCUT2D eigenvalue weighted by atomic mass is 10.1. The van der Waals surface area contributed by atoms with Crippen LogP contribution in [-0.4, -0.2) is 38.9 Å². The Morgan fingerprint density at radius 2 is 2.05 bits per heavy atom. The molecule has 22 heavy (non-hydrogen) atoms. The van der Waals surface area contributed by atoms with E-state index < -0.39 is 21.8 Å². The summed E-state index contributed by atoms with van der Waals surface area (Å²) in [6, 6.07) is 2.97. The molecular weight excluding hydrogens is 317 g/mol. The van der Waals surface area contributed by atoms with E-state index in [9.17, 15) is 21.6 Å². The summed E-state index contributed by atoms with van der Waals surface area (Å²) >= 11 is 0. The van der Waals surface area contributed by atoms with Gasteiger partial charge in [-0.15, -0.1) is 0 Å². The van der Waals surface area contributed by atoms with Crippen LogP contribution in [0.3, 0.4) is 0 Å². The fraction of sp³-hybridized carbons (Fsp3) is 0.571. The molecule has 1 unspecified atom stereocenters. The van der Waals surface area contributed by atoms with Crippen LogP contribution in [0.25, 0.3) is 0 Å². The number of likely N-dealkylation sites (N-methyl/N-ethyl adjacent to an activating group) is 1. The van der Waals surface area contributed by atoms with Crippen LogP contribution in [0, 0.1) is 6.92 Å². The van der Waals surface area contributed by atoms with Crippen molar-refractivity contribution in [3.05, 3.63) is 29.3 Å². The molecule has 1 atom stereocenters. The summed E-state index contributed by atoms with van der Waals surface area (Å²) < 4.78 is 65.5. The number of alkyl halides is 3. The van der Waals surface area contributed by atoms with Gasteiger partial charge in [-0.2, -0.15) is 17.5 Å². The highest BCUT2D eigenvalue weighted by Gasteiger charge is 2.37. The lowest BCUT2D eigenvalue weighted by molar-refractivity contribution is -0.138. The molecule has 0 radical (unpaired) electrons. The maximum Gasteiger partial charge on any atom is 0.416 e. The van der Waals surface area contributed by atoms with Gasteiger partial charge in [0.1, 0.15) is 0 Å². The molecule has 1 aliphatic rings. The molecular formula is C14H19F3N2O2S. The van der Waals surface area contributed by atoms with Crippen molar-refractivity contribution in [2.75, 3.05) is 20.1 Å². The Balaban J connectivity index is 2.42. The van der Waals surface area contributed by atoms with Crippen molar-refractivity contribution in [1.82, 2.24) is 9.62 Å². The van der Waals surface area contributed by atoms with E-state index in [0.29, 0.717) is 25.9 Å². The highest BCUT2D eigenvalue weighted by atomic mass is 32.2. The summed E-state index contributed by atoms with van der Waals surface area (Å²) in [5.41, 5.74) is -0.891. The standard InChI is InChI=1S/C14H19F3N2O2S/c1-10-5-6-12(8-13(10)14(15,16)17)22(20,21)19-7-3-4-11(19)9-18-2/h5-6,8,11,18H,3-4,7,9H2,1-2H3. The Morgan fingerprint density at radius 1 is 1.36 bits per heavy atom. The number of aryl methyl sites for hydroxylation is 1. The molecule has 0 spiro atoms. The number of hydrogen-bond acceptors (Lipinski definition) is 3. The van der Waals surface area contributed by atoms with Gasteiger partial charge in [0.15, 0.2) is 0 Å². The van der Waals surface area contributed by atoms with Gasteiger partial charge in [0, 0.05) is 19.1 Å². The van der Waals surface area contributed by atoms with E-state index in [4.69, 9.17) is 0 Å². The van der Waals surface area contributed by atoms with Crippen molar-refractivity contribution in [3.63, 3.8) is 0 Å². The second-order valence-electron chi connectivity index (χ2n) is 5.44. The molecule has 1 N–H and O–H groups in total. The van der Waals surface area contributed by atoms with Gasteiger partial charge in [0.05, 0.1) is 10.5 Å². The van der Waals surface area contributed by atoms with E-state index in [-0.39, 0.29) is 16.5 Å². The van der Waals surface area contributed by atoms with Gasteiger partial charge in [-0.05, 0) is 44.5 Å². The Hall–Kier alpha value is -1.12. The Labute approximate surface area is 128 Å². The molecule has 1 aromatic carbocycles. The average molecular weight is 336 g/mol. The van der Waals surface area contributed by atoms with E-state index in [1.54, 1.807) is 7.05 Å². The van der Waals surface area contributed by atoms with E-state index in [2.05, 4.69) is 5.32 Å². The topological polar surface area (TPSA) is 49.4 Å². The van der Waals surface area contributed by atoms with Crippen LogP contribution < -0.4 is 5.32 Å². The largest absolute Gasteiger partial charge is 0.416 e. The normalized spacial score (nSPS) is 20.5. The van der Waals surface area contributed by atoms with Crippen molar-refractivity contribution < 1.29 is 21.6 Å². The van der Waals surface area contributed by atoms with Crippen LogP contribution in [0.5, 0.6) is 0 Å². The number of sulfonamides is 1. The first-order valence-corrected chi connectivity index (χ1v) is 8.46. The van der Waals surface area contributed by atoms with Gasteiger partial charge in [-0.25, -0.2) is 8.42 Å². The number of nitrogens with one attached hydrogen (secondary N) is 1. The molecule has 0 aromatic heterocycles. The minimum Gasteiger partial charge on any atom is -0.318 e. The SMILES string of the molecule is CNCC1CCCN1S(=O)(=O)c1ccc(C)c(C(F)(F)F)c1. The average Bonchev–Trinajstić information content (AvgIpc) is 2.87. The van der Waals surface area contributed by atoms with Gasteiger partial charge < -0.3 is 5.32 Å². The van der Waals surface area contributed by atoms with Crippen LogP contribution in [0.1, 0.15) is 24.0 Å². The molecule has 1 fully saturated rings. The Morgan fingerprint density at radius 3 is 2.64 bits per heavy atom. The fourth-order valence-electron chi connectivity index (χ4n) is 2.77. The van der Waals surface area contributed by atoms with Crippen molar-refractivity contribution >= 4 is 10.0 Å². The molecule has 1 aliphatic heterocycles. The van der Waals surface area contributed by atoms with E-state index >= 15 is 0 Å². The first-order valence-electron chi connectivity index (χ1n) is 7.02. The van der Waals surface area contributed by atoms with Crippen LogP contribution in [0.4, 0.5) is 13.2 Å². The second kappa shape index (κ2) is 6.17. The molecule has 124 valence electrons. The quantitative estimate of drug-likeness (QED) is 0.918. The van der Waals surface area contributed by atoms with Gasteiger partial charge in [0.2, 0.25) is 10.0 Å². The third-order valence-electron chi connectivity index (χ3n) is 3.88. The smallest absolute Gasteiger partial charge is 0.318 e. The number of halogens is 3. The minimum atomic E-state index is -4.56. The zero-order chi connectivity index (χ0) is 16.5. The predicted molar refractivity (Wildman–Crippen MR) is 77.0 cm³/mol. The van der Waals surface area contributed by atoms with Crippen molar-refractivity contribution in [2.45, 2.75) is 36.9 Å². The minimum absolute atomic E-state index is 0.0136. The van der Waals surface area contributed by atoms with Crippen molar-refractivity contribution in [3.8, 4) is 0 Å². The van der Waals surface area contributed by atoms with Gasteiger partial charge in [-0.3, -0.25) is 0 Å². The van der Waals surface area contributed by atoms with Crippen LogP contribution in [0.15, 0.2) is 23.1 Å². The van der Waals surface area contributed by atoms with Crippen molar-refractivity contribution in [2.24, 2.45) is 0 Å². The van der Waals surface area contributed by atoms with E-state index in [1.807, 2.05) is 0 Å². The third-order valence-corrected chi connectivity index (χ3v) is 5.83. The van der Waals surface area contributed by atoms with Crippen LogP contribution in [0.2, 0.25) is 0 Å². The summed E-state index contributed by atoms with van der Waals surface area (Å²) in [4.78, 5) is -0.298. The number of nitrogens with zero attached hydrogens (tertiary/aromatic N) is 1. The number of hydrogen-bond donors (Lipinski definition) is 1. The highest BCUT2D eigenvalue weighted by molar-refractivity contribution is 7.89. The molecule has 1 saturated heterocycles. The number of rotatable bonds is 4. The highest BCUT2D eigenvalue weighted by Crippen LogP contribution is 2.34. The summed E-state index contributed by atoms with van der Waals surface area (Å²) in [7, 11) is -2.20. The predicted octanol–water partition coefficient (Wildman–Crippen LogP) is 2.39. The lowest BCUT2D eigenvalue weighted by Gasteiger charge is -2.24.